The van der Waals surface area contributed by atoms with Crippen LogP contribution >= 0.6 is 0 Å². The Kier molecular flexibility index (Phi) is 8.05. The van der Waals surface area contributed by atoms with Gasteiger partial charge in [-0.15, -0.1) is 0 Å². The van der Waals surface area contributed by atoms with Crippen molar-refractivity contribution >= 4 is 16.9 Å². The molecule has 3 aromatic rings. The number of hydrogen-bond donors (Lipinski definition) is 0. The van der Waals surface area contributed by atoms with Crippen LogP contribution in [0.1, 0.15) is 62.4 Å². The number of para-hydroxylation sites is 2. The van der Waals surface area contributed by atoms with E-state index >= 15 is 0 Å². The minimum atomic E-state index is -0.590. The Morgan fingerprint density at radius 3 is 2.35 bits per heavy atom. The Labute approximate surface area is 255 Å². The topological polar surface area (TPSA) is 69.1 Å². The van der Waals surface area contributed by atoms with Gasteiger partial charge in [-0.3, -0.25) is 9.69 Å². The Morgan fingerprint density at radius 1 is 0.953 bits per heavy atom. The molecular formula is C35H46N4O4. The summed E-state index contributed by atoms with van der Waals surface area (Å²) in [5.41, 5.74) is 3.87. The van der Waals surface area contributed by atoms with Gasteiger partial charge in [-0.05, 0) is 81.5 Å². The molecular weight excluding hydrogens is 540 g/mol. The van der Waals surface area contributed by atoms with Crippen molar-refractivity contribution in [2.24, 2.45) is 0 Å². The molecule has 2 aromatic carbocycles. The van der Waals surface area contributed by atoms with Crippen LogP contribution in [-0.4, -0.2) is 96.1 Å². The lowest BCUT2D eigenvalue weighted by Gasteiger charge is -2.46. The summed E-state index contributed by atoms with van der Waals surface area (Å²) in [6.07, 6.45) is 6.87. The predicted molar refractivity (Wildman–Crippen MR) is 166 cm³/mol. The van der Waals surface area contributed by atoms with Crippen molar-refractivity contribution in [2.75, 3.05) is 40.5 Å². The number of amides is 1. The van der Waals surface area contributed by atoms with Crippen LogP contribution in [0.25, 0.3) is 11.0 Å². The summed E-state index contributed by atoms with van der Waals surface area (Å²) in [7, 11) is 3.29. The third-order valence-corrected chi connectivity index (χ3v) is 11.2. The molecule has 43 heavy (non-hydrogen) atoms. The van der Waals surface area contributed by atoms with Gasteiger partial charge in [-0.1, -0.05) is 42.5 Å². The molecule has 4 aliphatic rings. The molecule has 0 saturated carbocycles. The highest BCUT2D eigenvalue weighted by Crippen LogP contribution is 2.45. The Hall–Kier alpha value is -2.78. The fourth-order valence-corrected chi connectivity index (χ4v) is 8.87. The smallest absolute Gasteiger partial charge is 0.254 e. The van der Waals surface area contributed by atoms with Crippen molar-refractivity contribution in [3.05, 3.63) is 66.0 Å². The molecule has 0 radical (unpaired) electrons. The molecule has 2 bridgehead atoms. The van der Waals surface area contributed by atoms with Crippen LogP contribution in [0.5, 0.6) is 0 Å². The largest absolute Gasteiger partial charge is 0.376 e. The molecule has 5 heterocycles. The quantitative estimate of drug-likeness (QED) is 0.375. The zero-order valence-electron chi connectivity index (χ0n) is 25.9. The average molecular weight is 587 g/mol. The number of rotatable bonds is 8. The van der Waals surface area contributed by atoms with E-state index in [1.54, 1.807) is 14.2 Å². The second kappa shape index (κ2) is 12.0. The van der Waals surface area contributed by atoms with Crippen LogP contribution < -0.4 is 0 Å². The Morgan fingerprint density at radius 2 is 1.65 bits per heavy atom. The van der Waals surface area contributed by atoms with Gasteiger partial charge in [0.15, 0.2) is 6.10 Å². The van der Waals surface area contributed by atoms with Gasteiger partial charge >= 0.3 is 0 Å². The molecule has 0 aliphatic carbocycles. The van der Waals surface area contributed by atoms with E-state index in [9.17, 15) is 4.79 Å². The van der Waals surface area contributed by atoms with Crippen LogP contribution in [0.15, 0.2) is 54.6 Å². The summed E-state index contributed by atoms with van der Waals surface area (Å²) in [6.45, 7) is 5.15. The number of piperidine rings is 2. The molecule has 1 aromatic heterocycles. The first kappa shape index (κ1) is 29.0. The van der Waals surface area contributed by atoms with Crippen molar-refractivity contribution in [3.8, 4) is 0 Å². The number of methoxy groups -OCH3 is 2. The first-order valence-electron chi connectivity index (χ1n) is 16.2. The number of aromatic nitrogens is 2. The number of fused-ring (bicyclic) bond motifs is 3. The highest BCUT2D eigenvalue weighted by atomic mass is 16.6. The first-order valence-corrected chi connectivity index (χ1v) is 16.2. The van der Waals surface area contributed by atoms with E-state index < -0.39 is 6.10 Å². The molecule has 8 nitrogen and oxygen atoms in total. The van der Waals surface area contributed by atoms with Gasteiger partial charge in [-0.2, -0.15) is 0 Å². The molecule has 4 fully saturated rings. The third-order valence-electron chi connectivity index (χ3n) is 11.2. The predicted octanol–water partition coefficient (Wildman–Crippen LogP) is 4.89. The van der Waals surface area contributed by atoms with Gasteiger partial charge in [0.2, 0.25) is 0 Å². The van der Waals surface area contributed by atoms with Crippen molar-refractivity contribution in [1.82, 2.24) is 19.4 Å². The van der Waals surface area contributed by atoms with Gasteiger partial charge in [0.05, 0.1) is 17.6 Å². The highest BCUT2D eigenvalue weighted by molar-refractivity contribution is 5.82. The summed E-state index contributed by atoms with van der Waals surface area (Å²) >= 11 is 0. The van der Waals surface area contributed by atoms with E-state index in [1.165, 1.54) is 36.8 Å². The lowest BCUT2D eigenvalue weighted by atomic mass is 9.70. The summed E-state index contributed by atoms with van der Waals surface area (Å²) in [6, 6.07) is 21.4. The maximum absolute atomic E-state index is 13.6. The van der Waals surface area contributed by atoms with E-state index in [-0.39, 0.29) is 23.5 Å². The number of benzene rings is 2. The van der Waals surface area contributed by atoms with Crippen molar-refractivity contribution in [1.29, 1.82) is 0 Å². The minimum Gasteiger partial charge on any atom is -0.376 e. The second-order valence-corrected chi connectivity index (χ2v) is 13.2. The standard InChI is InChI=1S/C35H46N4O4/c1-24-36-29-11-7-8-12-30(29)39(24)28-21-26-13-14-27(22-28)38(26)20-17-35(25-9-5-4-6-10-25)15-18-37(19-16-35)34(40)33-32(42-3)31(41-2)23-43-33/h4-12,26-28,31-33H,13-23H2,1-3H3/t26-,27+,28+,31-,32+,33-/m0/s1. The summed E-state index contributed by atoms with van der Waals surface area (Å²) in [5, 5.41) is 0. The van der Waals surface area contributed by atoms with Gasteiger partial charge in [-0.25, -0.2) is 4.98 Å². The minimum absolute atomic E-state index is 0.0375. The Bertz CT molecular complexity index is 1400. The molecule has 1 amide bonds. The van der Waals surface area contributed by atoms with E-state index in [0.717, 1.165) is 50.2 Å². The van der Waals surface area contributed by atoms with Crippen molar-refractivity contribution in [3.63, 3.8) is 0 Å². The normalized spacial score (nSPS) is 30.7. The number of carbonyl (C=O) groups is 1. The van der Waals surface area contributed by atoms with Gasteiger partial charge in [0.1, 0.15) is 18.0 Å². The van der Waals surface area contributed by atoms with Gasteiger partial charge in [0.25, 0.3) is 5.91 Å². The fourth-order valence-electron chi connectivity index (χ4n) is 8.87. The number of carbonyl (C=O) groups excluding carboxylic acids is 1. The summed E-state index contributed by atoms with van der Waals surface area (Å²) in [4.78, 5) is 23.3. The van der Waals surface area contributed by atoms with E-state index in [4.69, 9.17) is 19.2 Å². The van der Waals surface area contributed by atoms with Crippen LogP contribution in [0.2, 0.25) is 0 Å². The molecule has 8 heteroatoms. The number of imidazole rings is 1. The first-order chi connectivity index (χ1) is 21.0. The molecule has 0 spiro atoms. The molecule has 230 valence electrons. The number of hydrogen-bond acceptors (Lipinski definition) is 6. The number of ether oxygens (including phenoxy) is 3. The lowest BCUT2D eigenvalue weighted by Crippen LogP contribution is -2.52. The fraction of sp³-hybridized carbons (Fsp3) is 0.600. The maximum atomic E-state index is 13.6. The molecule has 7 rings (SSSR count). The zero-order chi connectivity index (χ0) is 29.6. The molecule has 0 N–H and O–H groups in total. The SMILES string of the molecule is CO[C@@H]1[C@@H](OC)CO[C@@H]1C(=O)N1CCC(CCN2[C@@H]3CC[C@H]2C[C@@H](n2c(C)nc4ccccc42)C3)(c2ccccc2)CC1. The summed E-state index contributed by atoms with van der Waals surface area (Å²) < 4.78 is 19.5. The van der Waals surface area contributed by atoms with Gasteiger partial charge in [0, 0.05) is 45.4 Å². The number of likely N-dealkylation sites (tertiary alicyclic amines) is 1. The van der Waals surface area contributed by atoms with Crippen LogP contribution in [0.4, 0.5) is 0 Å². The molecule has 4 aliphatic heterocycles. The molecule has 6 atom stereocenters. The number of aryl methyl sites for hydroxylation is 1. The maximum Gasteiger partial charge on any atom is 0.254 e. The van der Waals surface area contributed by atoms with Gasteiger partial charge < -0.3 is 23.7 Å². The van der Waals surface area contributed by atoms with Crippen LogP contribution in [0.3, 0.4) is 0 Å². The average Bonchev–Trinajstić information content (AvgIpc) is 3.69. The zero-order valence-corrected chi connectivity index (χ0v) is 25.9. The van der Waals surface area contributed by atoms with Crippen LogP contribution in [-0.2, 0) is 24.4 Å². The van der Waals surface area contributed by atoms with Crippen molar-refractivity contribution < 1.29 is 19.0 Å². The molecule has 4 saturated heterocycles. The second-order valence-electron chi connectivity index (χ2n) is 13.2. The third kappa shape index (κ3) is 5.20. The van der Waals surface area contributed by atoms with E-state index in [0.29, 0.717) is 24.7 Å². The van der Waals surface area contributed by atoms with E-state index in [1.807, 2.05) is 4.90 Å². The lowest BCUT2D eigenvalue weighted by molar-refractivity contribution is -0.148. The highest BCUT2D eigenvalue weighted by Gasteiger charge is 2.47. The Balaban J connectivity index is 1.04. The van der Waals surface area contributed by atoms with E-state index in [2.05, 4.69) is 71.0 Å². The van der Waals surface area contributed by atoms with Crippen LogP contribution in [0, 0.1) is 6.92 Å². The molecule has 0 unspecified atom stereocenters. The monoisotopic (exact) mass is 586 g/mol. The summed E-state index contributed by atoms with van der Waals surface area (Å²) in [5.74, 6) is 1.18. The van der Waals surface area contributed by atoms with Crippen molar-refractivity contribution in [2.45, 2.75) is 93.7 Å². The number of nitrogens with zero attached hydrogens (tertiary/aromatic N) is 4.